The number of alkyl halides is 2. The van der Waals surface area contributed by atoms with Crippen molar-refractivity contribution in [3.63, 3.8) is 0 Å². The third-order valence-corrected chi connectivity index (χ3v) is 3.80. The van der Waals surface area contributed by atoms with E-state index < -0.39 is 5.92 Å². The molecule has 0 aliphatic heterocycles. The molecular formula is C15H17F2N3O2. The topological polar surface area (TPSA) is 61.0 Å². The van der Waals surface area contributed by atoms with E-state index in [4.69, 9.17) is 9.26 Å². The van der Waals surface area contributed by atoms with Gasteiger partial charge in [0.1, 0.15) is 0 Å². The Morgan fingerprint density at radius 2 is 2.14 bits per heavy atom. The lowest BCUT2D eigenvalue weighted by Crippen LogP contribution is -2.23. The summed E-state index contributed by atoms with van der Waals surface area (Å²) in [6.45, 7) is 2.34. The molecule has 5 nitrogen and oxygen atoms in total. The van der Waals surface area contributed by atoms with Crippen LogP contribution in [-0.4, -0.2) is 27.7 Å². The minimum absolute atomic E-state index is 0.104. The second kappa shape index (κ2) is 5.98. The molecule has 2 aromatic heterocycles. The molecule has 0 spiro atoms. The van der Waals surface area contributed by atoms with Gasteiger partial charge in [-0.05, 0) is 31.9 Å². The summed E-state index contributed by atoms with van der Waals surface area (Å²) in [5.74, 6) is -1.44. The first-order valence-corrected chi connectivity index (χ1v) is 7.38. The molecule has 7 heteroatoms. The van der Waals surface area contributed by atoms with Crippen molar-refractivity contribution in [3.05, 3.63) is 24.2 Å². The number of ether oxygens (including phenoxy) is 1. The summed E-state index contributed by atoms with van der Waals surface area (Å²) in [5, 5.41) is 3.95. The lowest BCUT2D eigenvalue weighted by atomic mass is 9.87. The number of nitrogens with zero attached hydrogens (tertiary/aromatic N) is 3. The molecule has 3 rings (SSSR count). The summed E-state index contributed by atoms with van der Waals surface area (Å²) < 4.78 is 37.1. The number of aromatic nitrogens is 3. The van der Waals surface area contributed by atoms with E-state index in [0.717, 1.165) is 0 Å². The first kappa shape index (κ1) is 14.9. The van der Waals surface area contributed by atoms with Crippen molar-refractivity contribution in [2.75, 3.05) is 6.61 Å². The summed E-state index contributed by atoms with van der Waals surface area (Å²) in [4.78, 5) is 8.49. The molecule has 0 amide bonds. The zero-order valence-corrected chi connectivity index (χ0v) is 12.3. The van der Waals surface area contributed by atoms with E-state index in [1.54, 1.807) is 18.3 Å². The Morgan fingerprint density at radius 3 is 2.86 bits per heavy atom. The predicted octanol–water partition coefficient (Wildman–Crippen LogP) is 3.82. The molecule has 0 aromatic carbocycles. The summed E-state index contributed by atoms with van der Waals surface area (Å²) in [5.41, 5.74) is 0.639. The number of rotatable bonds is 4. The van der Waals surface area contributed by atoms with Gasteiger partial charge in [-0.1, -0.05) is 5.16 Å². The fourth-order valence-corrected chi connectivity index (χ4v) is 2.61. The highest BCUT2D eigenvalue weighted by atomic mass is 19.3. The van der Waals surface area contributed by atoms with Gasteiger partial charge < -0.3 is 9.26 Å². The van der Waals surface area contributed by atoms with Gasteiger partial charge in [0, 0.05) is 25.0 Å². The van der Waals surface area contributed by atoms with Crippen LogP contribution in [0.4, 0.5) is 8.78 Å². The lowest BCUT2D eigenvalue weighted by Gasteiger charge is -2.25. The van der Waals surface area contributed by atoms with Crippen LogP contribution in [0.3, 0.4) is 0 Å². The van der Waals surface area contributed by atoms with E-state index in [9.17, 15) is 8.78 Å². The Bertz CT molecular complexity index is 635. The van der Waals surface area contributed by atoms with Crippen molar-refractivity contribution < 1.29 is 18.0 Å². The van der Waals surface area contributed by atoms with Crippen LogP contribution >= 0.6 is 0 Å². The van der Waals surface area contributed by atoms with Crippen molar-refractivity contribution in [2.45, 2.75) is 44.4 Å². The summed E-state index contributed by atoms with van der Waals surface area (Å²) in [7, 11) is 0. The summed E-state index contributed by atoms with van der Waals surface area (Å²) in [6, 6.07) is 3.55. The Hall–Kier alpha value is -2.05. The van der Waals surface area contributed by atoms with Gasteiger partial charge in [-0.15, -0.1) is 0 Å². The fraction of sp³-hybridized carbons (Fsp3) is 0.533. The molecule has 1 fully saturated rings. The molecule has 0 radical (unpaired) electrons. The average molecular weight is 309 g/mol. The number of hydrogen-bond acceptors (Lipinski definition) is 5. The van der Waals surface area contributed by atoms with Crippen LogP contribution in [0.25, 0.3) is 11.4 Å². The van der Waals surface area contributed by atoms with Crippen LogP contribution in [0, 0.1) is 0 Å². The van der Waals surface area contributed by atoms with Crippen LogP contribution in [-0.2, 0) is 0 Å². The quantitative estimate of drug-likeness (QED) is 0.859. The molecule has 0 bridgehead atoms. The molecule has 0 atom stereocenters. The van der Waals surface area contributed by atoms with Crippen molar-refractivity contribution in [3.8, 4) is 17.3 Å². The molecule has 2 heterocycles. The molecule has 22 heavy (non-hydrogen) atoms. The number of hydrogen-bond donors (Lipinski definition) is 0. The van der Waals surface area contributed by atoms with E-state index in [-0.39, 0.29) is 18.8 Å². The summed E-state index contributed by atoms with van der Waals surface area (Å²) in [6.07, 6.45) is 2.08. The van der Waals surface area contributed by atoms with Crippen molar-refractivity contribution in [1.82, 2.24) is 15.1 Å². The maximum absolute atomic E-state index is 13.2. The molecule has 2 aromatic rings. The van der Waals surface area contributed by atoms with Crippen molar-refractivity contribution in [1.29, 1.82) is 0 Å². The Balaban J connectivity index is 1.80. The Morgan fingerprint density at radius 1 is 1.36 bits per heavy atom. The summed E-state index contributed by atoms with van der Waals surface area (Å²) >= 11 is 0. The number of halogens is 2. The minimum atomic E-state index is -2.56. The van der Waals surface area contributed by atoms with Crippen molar-refractivity contribution >= 4 is 0 Å². The minimum Gasteiger partial charge on any atom is -0.477 e. The Labute approximate surface area is 126 Å². The van der Waals surface area contributed by atoms with Crippen LogP contribution in [0.5, 0.6) is 5.88 Å². The van der Waals surface area contributed by atoms with Gasteiger partial charge in [0.15, 0.2) is 0 Å². The molecule has 1 aliphatic carbocycles. The second-order valence-electron chi connectivity index (χ2n) is 5.38. The van der Waals surface area contributed by atoms with Crippen LogP contribution in [0.1, 0.15) is 44.4 Å². The third kappa shape index (κ3) is 3.08. The molecule has 1 aliphatic rings. The SMILES string of the molecule is CCOc1ncccc1-c1noc(C2CCC(F)(F)CC2)n1. The van der Waals surface area contributed by atoms with E-state index in [2.05, 4.69) is 15.1 Å². The zero-order valence-electron chi connectivity index (χ0n) is 12.3. The highest BCUT2D eigenvalue weighted by Crippen LogP contribution is 2.40. The van der Waals surface area contributed by atoms with E-state index in [0.29, 0.717) is 42.6 Å². The number of pyridine rings is 1. The Kier molecular flexibility index (Phi) is 4.04. The van der Waals surface area contributed by atoms with Crippen molar-refractivity contribution in [2.24, 2.45) is 0 Å². The van der Waals surface area contributed by atoms with E-state index in [1.165, 1.54) is 0 Å². The zero-order chi connectivity index (χ0) is 15.6. The first-order valence-electron chi connectivity index (χ1n) is 7.38. The van der Waals surface area contributed by atoms with Gasteiger partial charge in [-0.25, -0.2) is 13.8 Å². The third-order valence-electron chi connectivity index (χ3n) is 3.80. The fourth-order valence-electron chi connectivity index (χ4n) is 2.61. The molecular weight excluding hydrogens is 292 g/mol. The first-order chi connectivity index (χ1) is 10.6. The molecule has 0 saturated heterocycles. The smallest absolute Gasteiger partial charge is 0.248 e. The molecule has 0 N–H and O–H groups in total. The van der Waals surface area contributed by atoms with Crippen LogP contribution in [0.15, 0.2) is 22.9 Å². The highest BCUT2D eigenvalue weighted by molar-refractivity contribution is 5.60. The largest absolute Gasteiger partial charge is 0.477 e. The molecule has 118 valence electrons. The molecule has 0 unspecified atom stereocenters. The van der Waals surface area contributed by atoms with Gasteiger partial charge >= 0.3 is 0 Å². The van der Waals surface area contributed by atoms with E-state index in [1.807, 2.05) is 6.92 Å². The molecule has 1 saturated carbocycles. The van der Waals surface area contributed by atoms with Gasteiger partial charge in [0.2, 0.25) is 23.5 Å². The van der Waals surface area contributed by atoms with Gasteiger partial charge in [-0.3, -0.25) is 0 Å². The highest BCUT2D eigenvalue weighted by Gasteiger charge is 2.37. The van der Waals surface area contributed by atoms with Crippen LogP contribution < -0.4 is 4.74 Å². The maximum atomic E-state index is 13.2. The van der Waals surface area contributed by atoms with Crippen LogP contribution in [0.2, 0.25) is 0 Å². The monoisotopic (exact) mass is 309 g/mol. The average Bonchev–Trinajstić information content (AvgIpc) is 2.98. The maximum Gasteiger partial charge on any atom is 0.248 e. The lowest BCUT2D eigenvalue weighted by molar-refractivity contribution is -0.0402. The second-order valence-corrected chi connectivity index (χ2v) is 5.38. The van der Waals surface area contributed by atoms with Gasteiger partial charge in [-0.2, -0.15) is 4.98 Å². The standard InChI is InChI=1S/C15H17F2N3O2/c1-2-21-14-11(4-3-9-18-14)12-19-13(22-20-12)10-5-7-15(16,17)8-6-10/h3-4,9-10H,2,5-8H2,1H3. The van der Waals surface area contributed by atoms with E-state index >= 15 is 0 Å². The van der Waals surface area contributed by atoms with Gasteiger partial charge in [0.25, 0.3) is 0 Å². The predicted molar refractivity (Wildman–Crippen MR) is 74.9 cm³/mol. The normalized spacial score (nSPS) is 18.3. The van der Waals surface area contributed by atoms with Gasteiger partial charge in [0.05, 0.1) is 12.2 Å².